The van der Waals surface area contributed by atoms with Crippen LogP contribution >= 0.6 is 0 Å². The van der Waals surface area contributed by atoms with Gasteiger partial charge in [-0.3, -0.25) is 0 Å². The van der Waals surface area contributed by atoms with Crippen LogP contribution in [0.15, 0.2) is 18.2 Å². The second-order valence-electron chi connectivity index (χ2n) is 14.0. The van der Waals surface area contributed by atoms with Crippen molar-refractivity contribution in [3.8, 4) is 0 Å². The standard InChI is InChI=1S/C42H80N2/c1-6-11-16-21-22-23-24-25-26-27-32-40-33-34-41(43(35-28-17-12-7-2)36-29-18-13-8-3)39-42(40)44(37-30-19-14-9-4)38-31-20-15-10-5/h33-34,39H,6-32,35-38H2,1-5H3. The number of hydrogen-bond donors (Lipinski definition) is 0. The maximum atomic E-state index is 2.83. The van der Waals surface area contributed by atoms with Crippen LogP contribution in [0.5, 0.6) is 0 Å². The van der Waals surface area contributed by atoms with Gasteiger partial charge in [0.1, 0.15) is 0 Å². The summed E-state index contributed by atoms with van der Waals surface area (Å²) in [4.78, 5) is 5.58. The van der Waals surface area contributed by atoms with Gasteiger partial charge in [0.2, 0.25) is 0 Å². The number of hydrogen-bond acceptors (Lipinski definition) is 2. The average Bonchev–Trinajstić information content (AvgIpc) is 3.04. The predicted octanol–water partition coefficient (Wildman–Crippen LogP) is 14.1. The summed E-state index contributed by atoms with van der Waals surface area (Å²) in [7, 11) is 0. The van der Waals surface area contributed by atoms with Crippen molar-refractivity contribution in [2.75, 3.05) is 36.0 Å². The molecular weight excluding hydrogens is 532 g/mol. The molecule has 44 heavy (non-hydrogen) atoms. The Bertz CT molecular complexity index is 704. The van der Waals surface area contributed by atoms with Crippen LogP contribution in [0.25, 0.3) is 0 Å². The molecule has 0 saturated heterocycles. The molecule has 1 rings (SSSR count). The Labute approximate surface area is 278 Å². The average molecular weight is 613 g/mol. The third-order valence-electron chi connectivity index (χ3n) is 9.70. The number of aryl methyl sites for hydroxylation is 1. The lowest BCUT2D eigenvalue weighted by Crippen LogP contribution is -2.29. The van der Waals surface area contributed by atoms with E-state index >= 15 is 0 Å². The largest absolute Gasteiger partial charge is 0.371 e. The highest BCUT2D eigenvalue weighted by Crippen LogP contribution is 2.31. The van der Waals surface area contributed by atoms with Gasteiger partial charge in [0, 0.05) is 37.6 Å². The van der Waals surface area contributed by atoms with Crippen molar-refractivity contribution in [2.24, 2.45) is 0 Å². The molecule has 0 aliphatic heterocycles. The summed E-state index contributed by atoms with van der Waals surface area (Å²) >= 11 is 0. The molecule has 1 aromatic carbocycles. The maximum absolute atomic E-state index is 2.83. The second-order valence-corrected chi connectivity index (χ2v) is 14.0. The van der Waals surface area contributed by atoms with Crippen molar-refractivity contribution in [1.29, 1.82) is 0 Å². The van der Waals surface area contributed by atoms with Crippen molar-refractivity contribution < 1.29 is 0 Å². The molecule has 0 aromatic heterocycles. The Morgan fingerprint density at radius 1 is 0.364 bits per heavy atom. The summed E-state index contributed by atoms with van der Waals surface area (Å²) in [6.07, 6.45) is 37.0. The van der Waals surface area contributed by atoms with Gasteiger partial charge in [-0.05, 0) is 56.2 Å². The van der Waals surface area contributed by atoms with Crippen LogP contribution in [0.2, 0.25) is 0 Å². The first kappa shape index (κ1) is 40.8. The third-order valence-corrected chi connectivity index (χ3v) is 9.70. The molecule has 0 saturated carbocycles. The van der Waals surface area contributed by atoms with E-state index in [2.05, 4.69) is 62.6 Å². The highest BCUT2D eigenvalue weighted by molar-refractivity contribution is 5.64. The van der Waals surface area contributed by atoms with Gasteiger partial charge in [-0.15, -0.1) is 0 Å². The van der Waals surface area contributed by atoms with Gasteiger partial charge in [0.25, 0.3) is 0 Å². The topological polar surface area (TPSA) is 6.48 Å². The summed E-state index contributed by atoms with van der Waals surface area (Å²) in [5.41, 5.74) is 4.70. The molecule has 0 atom stereocenters. The lowest BCUT2D eigenvalue weighted by Gasteiger charge is -2.31. The van der Waals surface area contributed by atoms with Crippen LogP contribution in [0.1, 0.15) is 207 Å². The van der Waals surface area contributed by atoms with E-state index < -0.39 is 0 Å². The van der Waals surface area contributed by atoms with Gasteiger partial charge < -0.3 is 9.80 Å². The first-order valence-corrected chi connectivity index (χ1v) is 20.3. The van der Waals surface area contributed by atoms with Crippen molar-refractivity contribution >= 4 is 11.4 Å². The fourth-order valence-electron chi connectivity index (χ4n) is 6.70. The van der Waals surface area contributed by atoms with Gasteiger partial charge in [-0.1, -0.05) is 176 Å². The van der Waals surface area contributed by atoms with Crippen LogP contribution in [0, 0.1) is 0 Å². The first-order valence-electron chi connectivity index (χ1n) is 20.3. The molecule has 1 aromatic rings. The molecule has 0 fully saturated rings. The van der Waals surface area contributed by atoms with Crippen molar-refractivity contribution in [2.45, 2.75) is 208 Å². The number of unbranched alkanes of at least 4 members (excludes halogenated alkanes) is 21. The third kappa shape index (κ3) is 20.8. The molecule has 0 amide bonds. The molecular formula is C42H80N2. The number of nitrogens with zero attached hydrogens (tertiary/aromatic N) is 2. The lowest BCUT2D eigenvalue weighted by atomic mass is 10.0. The van der Waals surface area contributed by atoms with Crippen LogP contribution in [-0.4, -0.2) is 26.2 Å². The summed E-state index contributed by atoms with van der Waals surface area (Å²) < 4.78 is 0. The molecule has 0 spiro atoms. The number of rotatable bonds is 33. The van der Waals surface area contributed by atoms with Gasteiger partial charge in [0.15, 0.2) is 0 Å². The highest BCUT2D eigenvalue weighted by Gasteiger charge is 2.15. The van der Waals surface area contributed by atoms with Crippen molar-refractivity contribution in [3.63, 3.8) is 0 Å². The molecule has 0 unspecified atom stereocenters. The zero-order valence-electron chi connectivity index (χ0n) is 31.0. The summed E-state index contributed by atoms with van der Waals surface area (Å²) in [6.45, 7) is 16.6. The quantitative estimate of drug-likeness (QED) is 0.0728. The molecule has 0 aliphatic rings. The minimum absolute atomic E-state index is 1.22. The van der Waals surface area contributed by atoms with E-state index in [0.717, 1.165) is 0 Å². The van der Waals surface area contributed by atoms with Crippen molar-refractivity contribution in [3.05, 3.63) is 23.8 Å². The Balaban J connectivity index is 3.05. The smallest absolute Gasteiger partial charge is 0.0419 e. The Morgan fingerprint density at radius 3 is 1.11 bits per heavy atom. The zero-order chi connectivity index (χ0) is 31.9. The Hall–Kier alpha value is -1.18. The van der Waals surface area contributed by atoms with Crippen LogP contribution in [-0.2, 0) is 6.42 Å². The predicted molar refractivity (Wildman–Crippen MR) is 203 cm³/mol. The zero-order valence-corrected chi connectivity index (χ0v) is 31.0. The molecule has 0 radical (unpaired) electrons. The fourth-order valence-corrected chi connectivity index (χ4v) is 6.70. The van der Waals surface area contributed by atoms with E-state index in [-0.39, 0.29) is 0 Å². The summed E-state index contributed by atoms with van der Waals surface area (Å²) in [5.74, 6) is 0. The van der Waals surface area contributed by atoms with E-state index in [4.69, 9.17) is 0 Å². The number of anilines is 2. The number of benzene rings is 1. The molecule has 2 heteroatoms. The molecule has 0 N–H and O–H groups in total. The molecule has 0 aliphatic carbocycles. The molecule has 0 heterocycles. The van der Waals surface area contributed by atoms with E-state index in [0.29, 0.717) is 0 Å². The molecule has 2 nitrogen and oxygen atoms in total. The van der Waals surface area contributed by atoms with Gasteiger partial charge in [0.05, 0.1) is 0 Å². The summed E-state index contributed by atoms with van der Waals surface area (Å²) in [5, 5.41) is 0. The second kappa shape index (κ2) is 30.5. The lowest BCUT2D eigenvalue weighted by molar-refractivity contribution is 0.556. The summed E-state index contributed by atoms with van der Waals surface area (Å²) in [6, 6.07) is 7.70. The van der Waals surface area contributed by atoms with Crippen molar-refractivity contribution in [1.82, 2.24) is 0 Å². The monoisotopic (exact) mass is 613 g/mol. The Kier molecular flexibility index (Phi) is 28.3. The Morgan fingerprint density at radius 2 is 0.705 bits per heavy atom. The fraction of sp³-hybridized carbons (Fsp3) is 0.857. The minimum Gasteiger partial charge on any atom is -0.371 e. The minimum atomic E-state index is 1.22. The van der Waals surface area contributed by atoms with Gasteiger partial charge in [-0.2, -0.15) is 0 Å². The van der Waals surface area contributed by atoms with Gasteiger partial charge >= 0.3 is 0 Å². The molecule has 0 bridgehead atoms. The van der Waals surface area contributed by atoms with E-state index in [1.54, 1.807) is 11.3 Å². The first-order chi connectivity index (χ1) is 21.7. The van der Waals surface area contributed by atoms with E-state index in [1.165, 1.54) is 205 Å². The normalized spacial score (nSPS) is 11.4. The van der Waals surface area contributed by atoms with Crippen LogP contribution in [0.3, 0.4) is 0 Å². The van der Waals surface area contributed by atoms with Crippen LogP contribution < -0.4 is 9.80 Å². The SMILES string of the molecule is CCCCCCCCCCCCc1ccc(N(CCCCCC)CCCCCC)cc1N(CCCCCC)CCCCCC. The highest BCUT2D eigenvalue weighted by atomic mass is 15.1. The van der Waals surface area contributed by atoms with Crippen LogP contribution in [0.4, 0.5) is 11.4 Å². The molecule has 258 valence electrons. The van der Waals surface area contributed by atoms with E-state index in [9.17, 15) is 0 Å². The van der Waals surface area contributed by atoms with Gasteiger partial charge in [-0.25, -0.2) is 0 Å². The maximum Gasteiger partial charge on any atom is 0.0419 e. The van der Waals surface area contributed by atoms with E-state index in [1.807, 2.05) is 0 Å².